The summed E-state index contributed by atoms with van der Waals surface area (Å²) >= 11 is 0. The largest absolute Gasteiger partial charge is 0.379 e. The lowest BCUT2D eigenvalue weighted by atomic mass is 10.1. The predicted octanol–water partition coefficient (Wildman–Crippen LogP) is 1.26. The molecule has 1 aromatic carbocycles. The molecule has 0 aromatic heterocycles. The smallest absolute Gasteiger partial charge is 0.333 e. The van der Waals surface area contributed by atoms with E-state index in [1.807, 2.05) is 5.01 Å². The fourth-order valence-electron chi connectivity index (χ4n) is 1.77. The number of Topliss-reactive ketones (excluding diaryl/α,β-unsaturated/α-hetero) is 1. The van der Waals surface area contributed by atoms with E-state index in [4.69, 9.17) is 4.74 Å². The molecule has 0 radical (unpaired) electrons. The standard InChI is InChI=1S/C13H17N3O3/c1-10(17)11-2-4-12(5-3-11)14-13(18)15-16-6-8-19-9-7-16/h2-5H,6-9H2,1H3,(H2,14,15,18). The van der Waals surface area contributed by atoms with Crippen molar-refractivity contribution >= 4 is 17.5 Å². The minimum atomic E-state index is -0.294. The quantitative estimate of drug-likeness (QED) is 0.805. The van der Waals surface area contributed by atoms with Gasteiger partial charge in [-0.25, -0.2) is 9.80 Å². The van der Waals surface area contributed by atoms with Crippen LogP contribution in [0.15, 0.2) is 24.3 Å². The molecule has 0 bridgehead atoms. The van der Waals surface area contributed by atoms with E-state index in [9.17, 15) is 9.59 Å². The van der Waals surface area contributed by atoms with E-state index in [0.717, 1.165) is 0 Å². The molecule has 1 aliphatic rings. The molecular formula is C13H17N3O3. The van der Waals surface area contributed by atoms with Gasteiger partial charge in [-0.05, 0) is 31.2 Å². The molecule has 1 aromatic rings. The third kappa shape index (κ3) is 4.04. The van der Waals surface area contributed by atoms with E-state index in [1.165, 1.54) is 6.92 Å². The number of amides is 2. The third-order valence-electron chi connectivity index (χ3n) is 2.82. The Bertz CT molecular complexity index is 453. The van der Waals surface area contributed by atoms with Gasteiger partial charge in [0.1, 0.15) is 0 Å². The number of rotatable bonds is 3. The first-order chi connectivity index (χ1) is 9.15. The topological polar surface area (TPSA) is 70.7 Å². The van der Waals surface area contributed by atoms with Crippen LogP contribution in [0.3, 0.4) is 0 Å². The Balaban J connectivity index is 1.85. The van der Waals surface area contributed by atoms with E-state index >= 15 is 0 Å². The second kappa shape index (κ2) is 6.31. The van der Waals surface area contributed by atoms with Crippen LogP contribution in [0.5, 0.6) is 0 Å². The number of morpholine rings is 1. The number of carbonyl (C=O) groups excluding carboxylic acids is 2. The molecule has 19 heavy (non-hydrogen) atoms. The maximum Gasteiger partial charge on any atom is 0.333 e. The van der Waals surface area contributed by atoms with Crippen molar-refractivity contribution in [3.05, 3.63) is 29.8 Å². The molecule has 1 saturated heterocycles. The zero-order chi connectivity index (χ0) is 13.7. The SMILES string of the molecule is CC(=O)c1ccc(NC(=O)NN2CCOCC2)cc1. The molecule has 2 rings (SSSR count). The minimum absolute atomic E-state index is 0.00400. The predicted molar refractivity (Wildman–Crippen MR) is 71.0 cm³/mol. The number of hydrazine groups is 1. The zero-order valence-corrected chi connectivity index (χ0v) is 10.8. The second-order valence-electron chi connectivity index (χ2n) is 4.30. The van der Waals surface area contributed by atoms with Gasteiger partial charge in [0, 0.05) is 24.3 Å². The summed E-state index contributed by atoms with van der Waals surface area (Å²) in [6, 6.07) is 6.49. The highest BCUT2D eigenvalue weighted by Gasteiger charge is 2.12. The number of urea groups is 1. The van der Waals surface area contributed by atoms with Crippen LogP contribution in [0.2, 0.25) is 0 Å². The highest BCUT2D eigenvalue weighted by Crippen LogP contribution is 2.09. The summed E-state index contributed by atoms with van der Waals surface area (Å²) in [7, 11) is 0. The number of hydrogen-bond acceptors (Lipinski definition) is 4. The Morgan fingerprint density at radius 1 is 1.16 bits per heavy atom. The highest BCUT2D eigenvalue weighted by atomic mass is 16.5. The minimum Gasteiger partial charge on any atom is -0.379 e. The summed E-state index contributed by atoms with van der Waals surface area (Å²) in [6.45, 7) is 4.10. The number of nitrogens with one attached hydrogen (secondary N) is 2. The zero-order valence-electron chi connectivity index (χ0n) is 10.8. The average molecular weight is 263 g/mol. The first-order valence-electron chi connectivity index (χ1n) is 6.16. The molecule has 1 fully saturated rings. The molecule has 0 spiro atoms. The van der Waals surface area contributed by atoms with Crippen LogP contribution in [-0.4, -0.2) is 43.1 Å². The highest BCUT2D eigenvalue weighted by molar-refractivity contribution is 5.95. The molecule has 2 N–H and O–H groups in total. The lowest BCUT2D eigenvalue weighted by Crippen LogP contribution is -2.49. The molecule has 0 unspecified atom stereocenters. The monoisotopic (exact) mass is 263 g/mol. The molecule has 2 amide bonds. The van der Waals surface area contributed by atoms with Crippen LogP contribution in [0.1, 0.15) is 17.3 Å². The van der Waals surface area contributed by atoms with Gasteiger partial charge in [-0.1, -0.05) is 0 Å². The lowest BCUT2D eigenvalue weighted by molar-refractivity contribution is 0.0207. The maximum atomic E-state index is 11.7. The molecule has 102 valence electrons. The van der Waals surface area contributed by atoms with Crippen LogP contribution in [-0.2, 0) is 4.74 Å². The third-order valence-corrected chi connectivity index (χ3v) is 2.82. The molecule has 0 saturated carbocycles. The number of nitrogens with zero attached hydrogens (tertiary/aromatic N) is 1. The van der Waals surface area contributed by atoms with Crippen LogP contribution in [0.25, 0.3) is 0 Å². The van der Waals surface area contributed by atoms with Gasteiger partial charge in [0.2, 0.25) is 0 Å². The van der Waals surface area contributed by atoms with Crippen LogP contribution >= 0.6 is 0 Å². The molecule has 6 nitrogen and oxygen atoms in total. The Hall–Kier alpha value is -1.92. The van der Waals surface area contributed by atoms with E-state index in [2.05, 4.69) is 10.7 Å². The van der Waals surface area contributed by atoms with Crippen molar-refractivity contribution in [3.8, 4) is 0 Å². The van der Waals surface area contributed by atoms with Crippen molar-refractivity contribution in [2.24, 2.45) is 0 Å². The molecule has 1 heterocycles. The number of hydrogen-bond donors (Lipinski definition) is 2. The fraction of sp³-hybridized carbons (Fsp3) is 0.385. The maximum absolute atomic E-state index is 11.7. The first kappa shape index (κ1) is 13.5. The van der Waals surface area contributed by atoms with Gasteiger partial charge in [-0.2, -0.15) is 0 Å². The number of carbonyl (C=O) groups is 2. The number of benzene rings is 1. The van der Waals surface area contributed by atoms with E-state index < -0.39 is 0 Å². The van der Waals surface area contributed by atoms with Crippen molar-refractivity contribution < 1.29 is 14.3 Å². The van der Waals surface area contributed by atoms with Crippen molar-refractivity contribution in [1.82, 2.24) is 10.4 Å². The molecule has 6 heteroatoms. The molecular weight excluding hydrogens is 246 g/mol. The van der Waals surface area contributed by atoms with Gasteiger partial charge < -0.3 is 10.1 Å². The normalized spacial score (nSPS) is 15.8. The number of ether oxygens (including phenoxy) is 1. The summed E-state index contributed by atoms with van der Waals surface area (Å²) < 4.78 is 5.19. The van der Waals surface area contributed by atoms with Crippen molar-refractivity contribution in [2.45, 2.75) is 6.92 Å². The van der Waals surface area contributed by atoms with Gasteiger partial charge in [-0.15, -0.1) is 0 Å². The van der Waals surface area contributed by atoms with E-state index in [1.54, 1.807) is 24.3 Å². The van der Waals surface area contributed by atoms with Crippen molar-refractivity contribution in [3.63, 3.8) is 0 Å². The Kier molecular flexibility index (Phi) is 4.48. The van der Waals surface area contributed by atoms with E-state index in [0.29, 0.717) is 37.6 Å². The van der Waals surface area contributed by atoms with Gasteiger partial charge in [0.05, 0.1) is 13.2 Å². The summed E-state index contributed by atoms with van der Waals surface area (Å²) in [5, 5.41) is 4.52. The summed E-state index contributed by atoms with van der Waals surface area (Å²) in [4.78, 5) is 22.9. The number of ketones is 1. The molecule has 0 atom stereocenters. The second-order valence-corrected chi connectivity index (χ2v) is 4.30. The van der Waals surface area contributed by atoms with Crippen LogP contribution in [0, 0.1) is 0 Å². The van der Waals surface area contributed by atoms with Crippen LogP contribution in [0.4, 0.5) is 10.5 Å². The lowest BCUT2D eigenvalue weighted by Gasteiger charge is -2.26. The van der Waals surface area contributed by atoms with Gasteiger partial charge in [0.15, 0.2) is 5.78 Å². The first-order valence-corrected chi connectivity index (χ1v) is 6.16. The fourth-order valence-corrected chi connectivity index (χ4v) is 1.77. The summed E-state index contributed by atoms with van der Waals surface area (Å²) in [5.74, 6) is 0.00400. The average Bonchev–Trinajstić information content (AvgIpc) is 2.40. The molecule has 1 aliphatic heterocycles. The van der Waals surface area contributed by atoms with Crippen molar-refractivity contribution in [1.29, 1.82) is 0 Å². The van der Waals surface area contributed by atoms with Gasteiger partial charge in [-0.3, -0.25) is 10.2 Å². The number of anilines is 1. The Labute approximate surface area is 111 Å². The van der Waals surface area contributed by atoms with Gasteiger partial charge >= 0.3 is 6.03 Å². The van der Waals surface area contributed by atoms with Gasteiger partial charge in [0.25, 0.3) is 0 Å². The van der Waals surface area contributed by atoms with Crippen LogP contribution < -0.4 is 10.7 Å². The van der Waals surface area contributed by atoms with E-state index in [-0.39, 0.29) is 11.8 Å². The van der Waals surface area contributed by atoms with Crippen molar-refractivity contribution in [2.75, 3.05) is 31.6 Å². The Morgan fingerprint density at radius 3 is 2.37 bits per heavy atom. The summed E-state index contributed by atoms with van der Waals surface area (Å²) in [6.07, 6.45) is 0. The Morgan fingerprint density at radius 2 is 1.79 bits per heavy atom. The summed E-state index contributed by atoms with van der Waals surface area (Å²) in [5.41, 5.74) is 4.01. The molecule has 0 aliphatic carbocycles.